The Labute approximate surface area is 305 Å². The largest absolute Gasteiger partial charge is 0.425 e. The molecule has 0 saturated heterocycles. The van der Waals surface area contributed by atoms with Crippen LogP contribution in [0.3, 0.4) is 0 Å². The molecule has 0 saturated carbocycles. The fourth-order valence-corrected chi connectivity index (χ4v) is 8.35. The molecule has 0 N–H and O–H groups in total. The highest BCUT2D eigenvalue weighted by molar-refractivity contribution is 7.09. The van der Waals surface area contributed by atoms with E-state index in [2.05, 4.69) is 54.2 Å². The molecule has 1 aliphatic rings. The first kappa shape index (κ1) is 37.3. The number of thiophene rings is 1. The number of aromatic nitrogens is 1. The lowest BCUT2D eigenvalue weighted by Gasteiger charge is -2.32. The molecule has 2 aromatic heterocycles. The topological polar surface area (TPSA) is 62.7 Å². The molecule has 0 radical (unpaired) electrons. The summed E-state index contributed by atoms with van der Waals surface area (Å²) in [6, 6.07) is 17.5. The number of carbonyl (C=O) groups is 2. The molecular weight excluding hydrogens is 673 g/mol. The van der Waals surface area contributed by atoms with E-state index in [-0.39, 0.29) is 0 Å². The van der Waals surface area contributed by atoms with Gasteiger partial charge in [-0.25, -0.2) is 4.79 Å². The summed E-state index contributed by atoms with van der Waals surface area (Å²) in [5.74, 6) is 0.516. The van der Waals surface area contributed by atoms with Crippen LogP contribution in [-0.2, 0) is 28.9 Å². The van der Waals surface area contributed by atoms with Crippen molar-refractivity contribution >= 4 is 63.0 Å². The van der Waals surface area contributed by atoms with Gasteiger partial charge in [-0.3, -0.25) is 9.78 Å². The van der Waals surface area contributed by atoms with E-state index in [1.54, 1.807) is 29.3 Å². The van der Waals surface area contributed by atoms with Crippen molar-refractivity contribution in [1.82, 2.24) is 9.88 Å². The van der Waals surface area contributed by atoms with E-state index in [9.17, 15) is 9.59 Å². The van der Waals surface area contributed by atoms with Crippen molar-refractivity contribution in [2.75, 3.05) is 31.1 Å². The van der Waals surface area contributed by atoms with Gasteiger partial charge >= 0.3 is 5.97 Å². The maximum atomic E-state index is 14.1. The number of nitrogens with zero attached hydrogens (tertiary/aromatic N) is 3. The van der Waals surface area contributed by atoms with E-state index in [4.69, 9.17) is 27.9 Å². The Morgan fingerprint density at radius 2 is 1.84 bits per heavy atom. The Kier molecular flexibility index (Phi) is 13.9. The summed E-state index contributed by atoms with van der Waals surface area (Å²) in [4.78, 5) is 37.6. The number of hydrogen-bond acceptors (Lipinski definition) is 6. The monoisotopic (exact) mass is 721 g/mol. The minimum Gasteiger partial charge on any atom is -0.425 e. The van der Waals surface area contributed by atoms with Gasteiger partial charge < -0.3 is 14.5 Å². The Hall–Kier alpha value is -2.97. The Morgan fingerprint density at radius 3 is 2.59 bits per heavy atom. The molecule has 1 amide bonds. The summed E-state index contributed by atoms with van der Waals surface area (Å²) in [6.07, 6.45) is 10.9. The first-order chi connectivity index (χ1) is 23.8. The number of halogens is 2. The quantitative estimate of drug-likeness (QED) is 0.0357. The number of pyridine rings is 1. The van der Waals surface area contributed by atoms with Crippen molar-refractivity contribution in [2.45, 2.75) is 83.9 Å². The average molecular weight is 723 g/mol. The van der Waals surface area contributed by atoms with Gasteiger partial charge in [-0.1, -0.05) is 75.0 Å². The van der Waals surface area contributed by atoms with E-state index in [1.165, 1.54) is 29.7 Å². The minimum absolute atomic E-state index is 0.409. The second-order valence-electron chi connectivity index (χ2n) is 13.1. The molecule has 1 aliphatic carbocycles. The van der Waals surface area contributed by atoms with Crippen LogP contribution in [0.15, 0.2) is 66.2 Å². The van der Waals surface area contributed by atoms with Crippen LogP contribution in [0.25, 0.3) is 10.9 Å². The Balaban J connectivity index is 1.30. The predicted molar refractivity (Wildman–Crippen MR) is 204 cm³/mol. The minimum atomic E-state index is -1.50. The van der Waals surface area contributed by atoms with Crippen LogP contribution < -0.4 is 9.64 Å². The zero-order valence-corrected chi connectivity index (χ0v) is 31.3. The molecular formula is C40H49Cl2N3O3S. The average Bonchev–Trinajstić information content (AvgIpc) is 3.64. The number of aryl methyl sites for hydroxylation is 1. The summed E-state index contributed by atoms with van der Waals surface area (Å²) in [7, 11) is 0. The number of esters is 1. The first-order valence-electron chi connectivity index (χ1n) is 17.9. The standard InChI is InChI=1S/C40H49Cl2N3O3S/c1-4-11-28(15-18-32-13-10-25-49-32)29-16-19-33-30(26-29)12-9-14-37(33)48-40(47)38(42)39(46)45(24-8-7-23-44(5-2)6-3)36-21-22-43-35-27-31(41)17-20-34(35)36/h9-10,12-14,17,20-22,25,27-29,38H,4-8,11,15-16,18-19,23-24,26H2,1-3H3. The van der Waals surface area contributed by atoms with Crippen LogP contribution in [0.1, 0.15) is 75.3 Å². The Morgan fingerprint density at radius 1 is 1.02 bits per heavy atom. The van der Waals surface area contributed by atoms with Crippen molar-refractivity contribution < 1.29 is 14.3 Å². The molecule has 5 rings (SSSR count). The molecule has 3 unspecified atom stereocenters. The third-order valence-corrected chi connectivity index (χ3v) is 11.6. The zero-order valence-electron chi connectivity index (χ0n) is 29.0. The number of alkyl halides is 1. The lowest BCUT2D eigenvalue weighted by Crippen LogP contribution is -2.43. The summed E-state index contributed by atoms with van der Waals surface area (Å²) in [5, 5.41) is 1.98. The summed E-state index contributed by atoms with van der Waals surface area (Å²) < 4.78 is 5.96. The molecule has 262 valence electrons. The van der Waals surface area contributed by atoms with Crippen molar-refractivity contribution in [3.63, 3.8) is 0 Å². The lowest BCUT2D eigenvalue weighted by atomic mass is 9.74. The van der Waals surface area contributed by atoms with Gasteiger partial charge in [0.05, 0.1) is 11.2 Å². The second-order valence-corrected chi connectivity index (χ2v) is 15.0. The molecule has 0 aliphatic heterocycles. The van der Waals surface area contributed by atoms with Crippen molar-refractivity contribution in [3.8, 4) is 5.75 Å². The number of unbranched alkanes of at least 4 members (excludes halogenated alkanes) is 1. The van der Waals surface area contributed by atoms with E-state index < -0.39 is 17.3 Å². The number of rotatable bonds is 17. The van der Waals surface area contributed by atoms with Crippen molar-refractivity contribution in [3.05, 3.63) is 87.2 Å². The number of ether oxygens (including phenoxy) is 1. The summed E-state index contributed by atoms with van der Waals surface area (Å²) >= 11 is 14.8. The number of anilines is 1. The van der Waals surface area contributed by atoms with Gasteiger partial charge in [-0.2, -0.15) is 0 Å². The highest BCUT2D eigenvalue weighted by Gasteiger charge is 2.34. The van der Waals surface area contributed by atoms with Gasteiger partial charge in [0.1, 0.15) is 5.75 Å². The predicted octanol–water partition coefficient (Wildman–Crippen LogP) is 9.77. The van der Waals surface area contributed by atoms with Crippen LogP contribution in [0, 0.1) is 11.8 Å². The molecule has 3 atom stereocenters. The number of fused-ring (bicyclic) bond motifs is 2. The Bertz CT molecular complexity index is 1680. The highest BCUT2D eigenvalue weighted by atomic mass is 35.5. The fourth-order valence-electron chi connectivity index (χ4n) is 7.30. The van der Waals surface area contributed by atoms with Gasteiger partial charge in [0, 0.05) is 28.0 Å². The fraction of sp³-hybridized carbons (Fsp3) is 0.475. The molecule has 4 aromatic rings. The van der Waals surface area contributed by atoms with Crippen molar-refractivity contribution in [1.29, 1.82) is 0 Å². The van der Waals surface area contributed by atoms with Gasteiger partial charge in [-0.15, -0.1) is 11.3 Å². The second kappa shape index (κ2) is 18.3. The normalized spacial score (nSPS) is 15.6. The van der Waals surface area contributed by atoms with E-state index >= 15 is 0 Å². The molecule has 2 aromatic carbocycles. The van der Waals surface area contributed by atoms with E-state index in [1.807, 2.05) is 29.5 Å². The van der Waals surface area contributed by atoms with Gasteiger partial charge in [0.25, 0.3) is 5.91 Å². The van der Waals surface area contributed by atoms with Crippen LogP contribution >= 0.6 is 34.5 Å². The molecule has 9 heteroatoms. The van der Waals surface area contributed by atoms with Crippen LogP contribution in [-0.4, -0.2) is 53.3 Å². The van der Waals surface area contributed by atoms with E-state index in [0.29, 0.717) is 40.4 Å². The SMILES string of the molecule is CCCC(CCc1cccs1)C1CCc2c(cccc2OC(=O)C(Cl)C(=O)N(CCCCN(CC)CC)c2ccnc3cc(Cl)ccc23)C1. The van der Waals surface area contributed by atoms with Gasteiger partial charge in [0.2, 0.25) is 5.38 Å². The highest BCUT2D eigenvalue weighted by Crippen LogP contribution is 2.39. The molecule has 0 spiro atoms. The number of carbonyl (C=O) groups excluding carboxylic acids is 2. The number of benzene rings is 2. The molecule has 0 fully saturated rings. The molecule has 0 bridgehead atoms. The maximum Gasteiger partial charge on any atom is 0.339 e. The van der Waals surface area contributed by atoms with E-state index in [0.717, 1.165) is 69.1 Å². The molecule has 49 heavy (non-hydrogen) atoms. The van der Waals surface area contributed by atoms with Crippen LogP contribution in [0.4, 0.5) is 5.69 Å². The third-order valence-electron chi connectivity index (χ3n) is 10.0. The lowest BCUT2D eigenvalue weighted by molar-refractivity contribution is -0.137. The number of hydrogen-bond donors (Lipinski definition) is 0. The smallest absolute Gasteiger partial charge is 0.339 e. The third kappa shape index (κ3) is 9.63. The van der Waals surface area contributed by atoms with Crippen molar-refractivity contribution in [2.24, 2.45) is 11.8 Å². The summed E-state index contributed by atoms with van der Waals surface area (Å²) in [6.45, 7) is 9.86. The van der Waals surface area contributed by atoms with Gasteiger partial charge in [-0.05, 0) is 129 Å². The zero-order chi connectivity index (χ0) is 34.8. The number of amides is 1. The maximum absolute atomic E-state index is 14.1. The van der Waals surface area contributed by atoms with Crippen LogP contribution in [0.5, 0.6) is 5.75 Å². The van der Waals surface area contributed by atoms with Crippen LogP contribution in [0.2, 0.25) is 5.02 Å². The first-order valence-corrected chi connectivity index (χ1v) is 19.6. The molecule has 6 nitrogen and oxygen atoms in total. The molecule has 2 heterocycles. The van der Waals surface area contributed by atoms with Gasteiger partial charge in [0.15, 0.2) is 0 Å². The summed E-state index contributed by atoms with van der Waals surface area (Å²) in [5.41, 5.74) is 3.61.